The maximum atomic E-state index is 13.2. The number of benzene rings is 1. The maximum absolute atomic E-state index is 13.2. The lowest BCUT2D eigenvalue weighted by Gasteiger charge is -2.25. The molecule has 3 aliphatic rings. The lowest BCUT2D eigenvalue weighted by atomic mass is 9.79. The highest BCUT2D eigenvalue weighted by molar-refractivity contribution is 6.01. The third-order valence-corrected chi connectivity index (χ3v) is 7.79. The Bertz CT molecular complexity index is 990. The number of aliphatic hydroxyl groups excluding tert-OH is 1. The van der Waals surface area contributed by atoms with Crippen LogP contribution in [0.2, 0.25) is 0 Å². The van der Waals surface area contributed by atoms with Gasteiger partial charge in [0.2, 0.25) is 0 Å². The largest absolute Gasteiger partial charge is 0.497 e. The second kappa shape index (κ2) is 11.3. The Morgan fingerprint density at radius 1 is 1.15 bits per heavy atom. The van der Waals surface area contributed by atoms with Gasteiger partial charge >= 0.3 is 5.97 Å². The molecule has 1 heterocycles. The molecule has 0 amide bonds. The van der Waals surface area contributed by atoms with Gasteiger partial charge in [-0.2, -0.15) is 0 Å². The van der Waals surface area contributed by atoms with Crippen molar-refractivity contribution in [1.29, 1.82) is 0 Å². The highest BCUT2D eigenvalue weighted by atomic mass is 16.5. The summed E-state index contributed by atoms with van der Waals surface area (Å²) in [5.74, 6) is 1.47. The van der Waals surface area contributed by atoms with Crippen molar-refractivity contribution in [2.24, 2.45) is 5.92 Å². The van der Waals surface area contributed by atoms with Crippen molar-refractivity contribution in [3.05, 3.63) is 58.4 Å². The number of hydrogen-bond acceptors (Lipinski definition) is 5. The van der Waals surface area contributed by atoms with Crippen LogP contribution in [0.3, 0.4) is 0 Å². The number of carbonyl (C=O) groups excluding carboxylic acids is 1. The molecule has 1 saturated carbocycles. The highest BCUT2D eigenvalue weighted by Gasteiger charge is 2.35. The Morgan fingerprint density at radius 2 is 1.94 bits per heavy atom. The number of carbonyl (C=O) groups is 1. The molecule has 2 unspecified atom stereocenters. The van der Waals surface area contributed by atoms with Crippen molar-refractivity contribution in [2.45, 2.75) is 70.1 Å². The van der Waals surface area contributed by atoms with Crippen molar-refractivity contribution in [1.82, 2.24) is 0 Å². The molecule has 1 aromatic carbocycles. The van der Waals surface area contributed by atoms with Crippen molar-refractivity contribution in [3.8, 4) is 0 Å². The summed E-state index contributed by atoms with van der Waals surface area (Å²) in [4.78, 5) is 13.2. The minimum absolute atomic E-state index is 0.206. The smallest absolute Gasteiger partial charge is 0.340 e. The van der Waals surface area contributed by atoms with Gasteiger partial charge in [0, 0.05) is 19.1 Å². The van der Waals surface area contributed by atoms with Crippen LogP contribution in [0.5, 0.6) is 0 Å². The summed E-state index contributed by atoms with van der Waals surface area (Å²) in [6.45, 7) is 3.25. The van der Waals surface area contributed by atoms with E-state index in [1.807, 2.05) is 6.08 Å². The van der Waals surface area contributed by atoms with Crippen LogP contribution in [-0.2, 0) is 9.47 Å². The van der Waals surface area contributed by atoms with E-state index in [1.165, 1.54) is 23.8 Å². The lowest BCUT2D eigenvalue weighted by Crippen LogP contribution is -2.16. The Labute approximate surface area is 203 Å². The minimum atomic E-state index is -0.265. The summed E-state index contributed by atoms with van der Waals surface area (Å²) < 4.78 is 10.8. The number of allylic oxidation sites excluding steroid dienone is 5. The number of esters is 1. The molecule has 3 atom stereocenters. The zero-order valence-corrected chi connectivity index (χ0v) is 20.9. The summed E-state index contributed by atoms with van der Waals surface area (Å²) in [6, 6.07) is 2.28. The van der Waals surface area contributed by atoms with Crippen LogP contribution in [-0.4, -0.2) is 38.4 Å². The molecule has 1 fully saturated rings. The van der Waals surface area contributed by atoms with Crippen LogP contribution in [0, 0.1) is 5.92 Å². The van der Waals surface area contributed by atoms with Gasteiger partial charge in [-0.3, -0.25) is 0 Å². The summed E-state index contributed by atoms with van der Waals surface area (Å²) in [5.41, 5.74) is 6.37. The molecule has 2 N–H and O–H groups in total. The van der Waals surface area contributed by atoms with Crippen LogP contribution in [0.15, 0.2) is 36.1 Å². The summed E-state index contributed by atoms with van der Waals surface area (Å²) in [5, 5.41) is 13.5. The summed E-state index contributed by atoms with van der Waals surface area (Å²) in [6.07, 6.45) is 16.7. The molecule has 0 spiro atoms. The van der Waals surface area contributed by atoms with Crippen LogP contribution >= 0.6 is 0 Å². The molecule has 1 aromatic rings. The van der Waals surface area contributed by atoms with E-state index in [2.05, 4.69) is 36.5 Å². The first-order chi connectivity index (χ1) is 16.6. The highest BCUT2D eigenvalue weighted by Crippen LogP contribution is 2.47. The number of rotatable bonds is 6. The first-order valence-electron chi connectivity index (χ1n) is 12.9. The SMILES string of the molecule is CCC1CNc2c(C(=O)OC)c(C3CCCC[C@H](CO)C3)cc(C3=CCC/C=C(\OC)C=C3)c21. The maximum Gasteiger partial charge on any atom is 0.340 e. The van der Waals surface area contributed by atoms with E-state index in [-0.39, 0.29) is 24.4 Å². The van der Waals surface area contributed by atoms with Crippen molar-refractivity contribution >= 4 is 17.2 Å². The molecule has 0 aromatic heterocycles. The number of fused-ring (bicyclic) bond motifs is 1. The molecular weight excluding hydrogens is 426 g/mol. The number of aliphatic hydroxyl groups is 1. The quantitative estimate of drug-likeness (QED) is 0.380. The predicted octanol–water partition coefficient (Wildman–Crippen LogP) is 6.31. The summed E-state index contributed by atoms with van der Waals surface area (Å²) in [7, 11) is 3.18. The van der Waals surface area contributed by atoms with Gasteiger partial charge in [0.25, 0.3) is 0 Å². The molecular formula is C29H39NO4. The fraction of sp³-hybridized carbons (Fsp3) is 0.552. The van der Waals surface area contributed by atoms with Gasteiger partial charge in [0.1, 0.15) is 5.76 Å². The molecule has 4 rings (SSSR count). The van der Waals surface area contributed by atoms with Crippen LogP contribution < -0.4 is 5.32 Å². The monoisotopic (exact) mass is 465 g/mol. The molecule has 5 heteroatoms. The second-order valence-corrected chi connectivity index (χ2v) is 9.80. The lowest BCUT2D eigenvalue weighted by molar-refractivity contribution is 0.0599. The number of nitrogens with one attached hydrogen (secondary N) is 1. The average molecular weight is 466 g/mol. The van der Waals surface area contributed by atoms with E-state index in [0.717, 1.165) is 74.9 Å². The van der Waals surface area contributed by atoms with Crippen LogP contribution in [0.4, 0.5) is 5.69 Å². The Balaban J connectivity index is 1.91. The van der Waals surface area contributed by atoms with Crippen molar-refractivity contribution in [3.63, 3.8) is 0 Å². The minimum Gasteiger partial charge on any atom is -0.497 e. The summed E-state index contributed by atoms with van der Waals surface area (Å²) >= 11 is 0. The number of methoxy groups -OCH3 is 2. The predicted molar refractivity (Wildman–Crippen MR) is 137 cm³/mol. The third-order valence-electron chi connectivity index (χ3n) is 7.79. The van der Waals surface area contributed by atoms with Gasteiger partial charge in [-0.05, 0) is 90.8 Å². The molecule has 2 aliphatic carbocycles. The van der Waals surface area contributed by atoms with E-state index in [4.69, 9.17) is 9.47 Å². The fourth-order valence-corrected chi connectivity index (χ4v) is 5.92. The van der Waals surface area contributed by atoms with Gasteiger partial charge < -0.3 is 19.9 Å². The van der Waals surface area contributed by atoms with E-state index in [9.17, 15) is 9.90 Å². The van der Waals surface area contributed by atoms with Gasteiger partial charge in [0.05, 0.1) is 25.5 Å². The first-order valence-corrected chi connectivity index (χ1v) is 12.9. The molecule has 184 valence electrons. The molecule has 0 bridgehead atoms. The fourth-order valence-electron chi connectivity index (χ4n) is 5.92. The molecule has 0 saturated heterocycles. The Hall–Kier alpha value is -2.53. The van der Waals surface area contributed by atoms with E-state index >= 15 is 0 Å². The number of hydrogen-bond donors (Lipinski definition) is 2. The zero-order valence-electron chi connectivity index (χ0n) is 20.9. The Morgan fingerprint density at radius 3 is 2.68 bits per heavy atom. The molecule has 34 heavy (non-hydrogen) atoms. The van der Waals surface area contributed by atoms with E-state index < -0.39 is 0 Å². The van der Waals surface area contributed by atoms with E-state index in [1.54, 1.807) is 7.11 Å². The van der Waals surface area contributed by atoms with Crippen molar-refractivity contribution < 1.29 is 19.4 Å². The van der Waals surface area contributed by atoms with Gasteiger partial charge in [-0.15, -0.1) is 0 Å². The molecule has 0 radical (unpaired) electrons. The average Bonchev–Trinajstić information content (AvgIpc) is 3.12. The Kier molecular flexibility index (Phi) is 8.15. The van der Waals surface area contributed by atoms with Crippen LogP contribution in [0.25, 0.3) is 5.57 Å². The van der Waals surface area contributed by atoms with Gasteiger partial charge in [-0.25, -0.2) is 4.79 Å². The second-order valence-electron chi connectivity index (χ2n) is 9.80. The zero-order chi connectivity index (χ0) is 24.1. The number of ether oxygens (including phenoxy) is 2. The topological polar surface area (TPSA) is 67.8 Å². The number of anilines is 1. The third kappa shape index (κ3) is 4.95. The van der Waals surface area contributed by atoms with Gasteiger partial charge in [0.15, 0.2) is 0 Å². The van der Waals surface area contributed by atoms with Crippen LogP contribution in [0.1, 0.15) is 97.2 Å². The standard InChI is InChI=1S/C29H39NO4/c1-4-20-17-30-28-26(20)24(21-10-7-8-12-23(33-2)14-13-21)16-25(27(28)29(32)34-3)22-11-6-5-9-19(15-22)18-31/h10,12-14,16,19-20,22,30-31H,4-9,11,15,17-18H2,1-3H3/b14-13?,21-10?,23-12-/t19-,20?,22?/m0/s1. The van der Waals surface area contributed by atoms with Crippen molar-refractivity contribution in [2.75, 3.05) is 32.7 Å². The normalized spacial score (nSPS) is 26.2. The van der Waals surface area contributed by atoms with E-state index in [0.29, 0.717) is 11.5 Å². The molecule has 5 nitrogen and oxygen atoms in total. The first kappa shape index (κ1) is 24.6. The van der Waals surface area contributed by atoms with Gasteiger partial charge in [-0.1, -0.05) is 31.9 Å². The molecule has 1 aliphatic heterocycles.